The van der Waals surface area contributed by atoms with Gasteiger partial charge >= 0.3 is 11.7 Å². The second-order valence-electron chi connectivity index (χ2n) is 11.0. The minimum Gasteiger partial charge on any atom is -0.460 e. The number of likely N-dealkylation sites (N-methyl/N-ethyl adjacent to an activating group) is 1. The van der Waals surface area contributed by atoms with E-state index in [1.807, 2.05) is 36.4 Å². The number of carbonyl (C=O) groups is 1. The van der Waals surface area contributed by atoms with Crippen LogP contribution in [0, 0.1) is 5.82 Å². The lowest BCUT2D eigenvalue weighted by Gasteiger charge is -2.26. The Morgan fingerprint density at radius 2 is 1.35 bits per heavy atom. The molecule has 0 aliphatic heterocycles. The summed E-state index contributed by atoms with van der Waals surface area (Å²) in [4.78, 5) is 39.3. The molecule has 0 saturated heterocycles. The van der Waals surface area contributed by atoms with Crippen LogP contribution in [0.3, 0.4) is 0 Å². The van der Waals surface area contributed by atoms with E-state index in [9.17, 15) is 27.2 Å². The Bertz CT molecular complexity index is 2070. The Balaban J connectivity index is 1.36. The third-order valence-corrected chi connectivity index (χ3v) is 9.46. The van der Waals surface area contributed by atoms with Crippen molar-refractivity contribution in [3.8, 4) is 11.5 Å². The summed E-state index contributed by atoms with van der Waals surface area (Å²) in [5, 5.41) is 0. The summed E-state index contributed by atoms with van der Waals surface area (Å²) < 4.78 is 61.4. The van der Waals surface area contributed by atoms with Crippen LogP contribution >= 0.6 is 0 Å². The fourth-order valence-corrected chi connectivity index (χ4v) is 6.25. The monoisotopic (exact) mass is 687 g/mol. The van der Waals surface area contributed by atoms with Crippen LogP contribution in [0.2, 0.25) is 0 Å². The number of benzene rings is 4. The molecule has 0 aliphatic carbocycles. The maximum absolute atomic E-state index is 14.7. The van der Waals surface area contributed by atoms with Gasteiger partial charge in [-0.05, 0) is 53.9 Å². The SMILES string of the molecule is CN(C(CCn1c(=O)c(F)cn(COCc2ccccc2)c1=O)C(=O)OCc1ccccc1)S(=O)(=O)c1ccc(Oc2ccccc2)cc1. The molecule has 0 radical (unpaired) electrons. The molecule has 13 heteroatoms. The average molecular weight is 688 g/mol. The van der Waals surface area contributed by atoms with Crippen LogP contribution in [0.4, 0.5) is 4.39 Å². The van der Waals surface area contributed by atoms with Crippen LogP contribution < -0.4 is 16.0 Å². The highest BCUT2D eigenvalue weighted by Crippen LogP contribution is 2.25. The summed E-state index contributed by atoms with van der Waals surface area (Å²) in [6.07, 6.45) is 0.363. The largest absolute Gasteiger partial charge is 0.460 e. The molecule has 0 aliphatic rings. The zero-order valence-corrected chi connectivity index (χ0v) is 27.4. The molecule has 4 aromatic carbocycles. The summed E-state index contributed by atoms with van der Waals surface area (Å²) in [5.74, 6) is -1.19. The number of sulfonamides is 1. The second-order valence-corrected chi connectivity index (χ2v) is 13.0. The number of halogens is 1. The van der Waals surface area contributed by atoms with E-state index in [1.165, 1.54) is 31.3 Å². The van der Waals surface area contributed by atoms with Crippen LogP contribution in [0.1, 0.15) is 17.5 Å². The normalized spacial score (nSPS) is 12.1. The Morgan fingerprint density at radius 1 is 0.796 bits per heavy atom. The van der Waals surface area contributed by atoms with E-state index in [0.29, 0.717) is 21.6 Å². The Kier molecular flexibility index (Phi) is 11.5. The highest BCUT2D eigenvalue weighted by molar-refractivity contribution is 7.89. The minimum absolute atomic E-state index is 0.130. The van der Waals surface area contributed by atoms with E-state index < -0.39 is 45.6 Å². The van der Waals surface area contributed by atoms with Crippen LogP contribution in [0.15, 0.2) is 136 Å². The smallest absolute Gasteiger partial charge is 0.333 e. The zero-order valence-electron chi connectivity index (χ0n) is 26.6. The highest BCUT2D eigenvalue weighted by Gasteiger charge is 2.34. The Labute approximate surface area is 282 Å². The third-order valence-electron chi connectivity index (χ3n) is 7.58. The summed E-state index contributed by atoms with van der Waals surface area (Å²) >= 11 is 0. The lowest BCUT2D eigenvalue weighted by molar-refractivity contribution is -0.149. The first kappa shape index (κ1) is 35.0. The molecule has 0 amide bonds. The molecule has 11 nitrogen and oxygen atoms in total. The summed E-state index contributed by atoms with van der Waals surface area (Å²) in [6, 6.07) is 30.9. The van der Waals surface area contributed by atoms with Gasteiger partial charge in [0, 0.05) is 13.6 Å². The van der Waals surface area contributed by atoms with Crippen molar-refractivity contribution in [2.75, 3.05) is 7.05 Å². The molecule has 1 unspecified atom stereocenters. The lowest BCUT2D eigenvalue weighted by atomic mass is 10.2. The maximum atomic E-state index is 14.7. The molecule has 0 fully saturated rings. The van der Waals surface area contributed by atoms with Crippen LogP contribution in [-0.4, -0.2) is 40.9 Å². The van der Waals surface area contributed by atoms with Gasteiger partial charge in [-0.1, -0.05) is 78.9 Å². The third kappa shape index (κ3) is 8.96. The van der Waals surface area contributed by atoms with Crippen LogP contribution in [0.5, 0.6) is 11.5 Å². The van der Waals surface area contributed by atoms with Crippen molar-refractivity contribution < 1.29 is 31.8 Å². The van der Waals surface area contributed by atoms with E-state index >= 15 is 0 Å². The first-order valence-corrected chi connectivity index (χ1v) is 16.7. The van der Waals surface area contributed by atoms with E-state index in [-0.39, 0.29) is 31.3 Å². The van der Waals surface area contributed by atoms with Gasteiger partial charge in [0.25, 0.3) is 5.56 Å². The number of carbonyl (C=O) groups excluding carboxylic acids is 1. The molecule has 49 heavy (non-hydrogen) atoms. The molecule has 0 saturated carbocycles. The number of para-hydroxylation sites is 1. The topological polar surface area (TPSA) is 126 Å². The molecule has 254 valence electrons. The predicted octanol–water partition coefficient (Wildman–Crippen LogP) is 4.94. The van der Waals surface area contributed by atoms with Gasteiger partial charge in [-0.2, -0.15) is 8.70 Å². The first-order chi connectivity index (χ1) is 23.6. The van der Waals surface area contributed by atoms with Crippen molar-refractivity contribution in [2.24, 2.45) is 0 Å². The zero-order chi connectivity index (χ0) is 34.8. The summed E-state index contributed by atoms with van der Waals surface area (Å²) in [5.41, 5.74) is -0.631. The number of rotatable bonds is 15. The van der Waals surface area contributed by atoms with E-state index in [4.69, 9.17) is 14.2 Å². The van der Waals surface area contributed by atoms with Gasteiger partial charge in [-0.3, -0.25) is 18.7 Å². The van der Waals surface area contributed by atoms with Crippen LogP contribution in [0.25, 0.3) is 0 Å². The summed E-state index contributed by atoms with van der Waals surface area (Å²) in [6.45, 7) is -0.874. The molecular formula is C36H34FN3O8S. The maximum Gasteiger partial charge on any atom is 0.333 e. The van der Waals surface area contributed by atoms with Crippen molar-refractivity contribution in [2.45, 2.75) is 43.8 Å². The molecule has 0 bridgehead atoms. The molecule has 1 atom stereocenters. The van der Waals surface area contributed by atoms with Crippen molar-refractivity contribution in [3.05, 3.63) is 159 Å². The lowest BCUT2D eigenvalue weighted by Crippen LogP contribution is -2.46. The molecular weight excluding hydrogens is 653 g/mol. The second kappa shape index (κ2) is 16.2. The fraction of sp³-hybridized carbons (Fsp3) is 0.194. The fourth-order valence-electron chi connectivity index (χ4n) is 4.91. The molecule has 0 N–H and O–H groups in total. The molecule has 5 rings (SSSR count). The van der Waals surface area contributed by atoms with Gasteiger partial charge in [0.1, 0.15) is 30.9 Å². The molecule has 1 heterocycles. The average Bonchev–Trinajstić information content (AvgIpc) is 3.12. The number of aromatic nitrogens is 2. The van der Waals surface area contributed by atoms with Crippen molar-refractivity contribution in [1.29, 1.82) is 0 Å². The van der Waals surface area contributed by atoms with Crippen molar-refractivity contribution in [1.82, 2.24) is 13.4 Å². The molecule has 5 aromatic rings. The highest BCUT2D eigenvalue weighted by atomic mass is 32.2. The van der Waals surface area contributed by atoms with Gasteiger partial charge in [0.05, 0.1) is 17.7 Å². The Morgan fingerprint density at radius 3 is 1.96 bits per heavy atom. The van der Waals surface area contributed by atoms with E-state index in [2.05, 4.69) is 0 Å². The molecule has 0 spiro atoms. The summed E-state index contributed by atoms with van der Waals surface area (Å²) in [7, 11) is -3.13. The van der Waals surface area contributed by atoms with E-state index in [0.717, 1.165) is 20.6 Å². The Hall–Kier alpha value is -5.37. The van der Waals surface area contributed by atoms with E-state index in [1.54, 1.807) is 54.6 Å². The predicted molar refractivity (Wildman–Crippen MR) is 179 cm³/mol. The van der Waals surface area contributed by atoms with Gasteiger partial charge in [0.2, 0.25) is 15.8 Å². The van der Waals surface area contributed by atoms with Crippen molar-refractivity contribution in [3.63, 3.8) is 0 Å². The number of ether oxygens (including phenoxy) is 3. The quantitative estimate of drug-likeness (QED) is 0.142. The number of esters is 1. The van der Waals surface area contributed by atoms with Gasteiger partial charge in [-0.15, -0.1) is 0 Å². The molecule has 1 aromatic heterocycles. The number of hydrogen-bond acceptors (Lipinski definition) is 8. The van der Waals surface area contributed by atoms with Crippen LogP contribution in [-0.2, 0) is 50.8 Å². The van der Waals surface area contributed by atoms with Crippen molar-refractivity contribution >= 4 is 16.0 Å². The number of hydrogen-bond donors (Lipinski definition) is 0. The minimum atomic E-state index is -4.32. The van der Waals surface area contributed by atoms with Gasteiger partial charge in [-0.25, -0.2) is 13.2 Å². The van der Waals surface area contributed by atoms with Gasteiger partial charge < -0.3 is 14.2 Å². The standard InChI is InChI=1S/C36H34FN3O8S/c1-38(49(44,45)31-19-17-30(18-20-31)48-29-15-9-4-10-16-29)33(35(42)47-25-28-13-7-3-8-14-28)21-22-40-34(41)32(37)23-39(36(40)43)26-46-24-27-11-5-2-6-12-27/h2-20,23,33H,21-22,24-26H2,1H3. The first-order valence-electron chi connectivity index (χ1n) is 15.3. The number of nitrogens with zero attached hydrogens (tertiary/aromatic N) is 3. The van der Waals surface area contributed by atoms with Gasteiger partial charge in [0.15, 0.2) is 0 Å².